The van der Waals surface area contributed by atoms with Gasteiger partial charge in [0.25, 0.3) is 5.56 Å². The molecule has 1 aliphatic rings. The van der Waals surface area contributed by atoms with Crippen molar-refractivity contribution >= 4 is 17.8 Å². The molecule has 0 spiro atoms. The fraction of sp³-hybridized carbons (Fsp3) is 0.353. The molecule has 0 radical (unpaired) electrons. The predicted molar refractivity (Wildman–Crippen MR) is 94.0 cm³/mol. The van der Waals surface area contributed by atoms with Crippen LogP contribution >= 0.6 is 11.6 Å². The van der Waals surface area contributed by atoms with E-state index >= 15 is 0 Å². The van der Waals surface area contributed by atoms with Crippen LogP contribution in [0.15, 0.2) is 40.1 Å². The Bertz CT molecular complexity index is 955. The van der Waals surface area contributed by atoms with Gasteiger partial charge >= 0.3 is 11.8 Å². The number of aromatic nitrogens is 2. The molecule has 3 atom stereocenters. The number of nitrogens with zero attached hydrogens (tertiary/aromatic N) is 1. The minimum Gasteiger partial charge on any atom is -0.431 e. The Hall–Kier alpha value is -2.62. The number of carbonyl (C=O) groups excluding carboxylic acids is 1. The molecule has 0 bridgehead atoms. The molecule has 144 valence electrons. The fourth-order valence-corrected chi connectivity index (χ4v) is 2.81. The highest BCUT2D eigenvalue weighted by atomic mass is 35.5. The molecule has 2 aromatic rings. The molecule has 2 heterocycles. The second kappa shape index (κ2) is 7.95. The lowest BCUT2D eigenvalue weighted by Crippen LogP contribution is -2.33. The molecule has 9 nitrogen and oxygen atoms in total. The number of H-pyrrole nitrogens is 1. The average Bonchev–Trinajstić information content (AvgIpc) is 2.99. The van der Waals surface area contributed by atoms with Crippen LogP contribution in [-0.2, 0) is 9.47 Å². The lowest BCUT2D eigenvalue weighted by molar-refractivity contribution is -0.0537. The largest absolute Gasteiger partial charge is 0.513 e. The highest BCUT2D eigenvalue weighted by Gasteiger charge is 2.36. The third kappa shape index (κ3) is 4.38. The molecule has 0 unspecified atom stereocenters. The van der Waals surface area contributed by atoms with Crippen LogP contribution in [0.4, 0.5) is 4.79 Å². The zero-order chi connectivity index (χ0) is 19.6. The van der Waals surface area contributed by atoms with Crippen LogP contribution in [0.3, 0.4) is 0 Å². The van der Waals surface area contributed by atoms with Crippen LogP contribution in [0.2, 0.25) is 5.02 Å². The Morgan fingerprint density at radius 1 is 1.41 bits per heavy atom. The van der Waals surface area contributed by atoms with Crippen molar-refractivity contribution in [1.29, 1.82) is 0 Å². The van der Waals surface area contributed by atoms with Gasteiger partial charge in [0.1, 0.15) is 18.9 Å². The maximum Gasteiger partial charge on any atom is 0.513 e. The van der Waals surface area contributed by atoms with Gasteiger partial charge in [-0.2, -0.15) is 0 Å². The summed E-state index contributed by atoms with van der Waals surface area (Å²) in [7, 11) is 0. The summed E-state index contributed by atoms with van der Waals surface area (Å²) in [5.74, 6) is 0.144. The molecule has 27 heavy (non-hydrogen) atoms. The van der Waals surface area contributed by atoms with Gasteiger partial charge in [-0.1, -0.05) is 23.7 Å². The highest BCUT2D eigenvalue weighted by Crippen LogP contribution is 2.28. The zero-order valence-corrected chi connectivity index (χ0v) is 15.0. The van der Waals surface area contributed by atoms with E-state index in [9.17, 15) is 19.5 Å². The normalized spacial score (nSPS) is 21.8. The maximum absolute atomic E-state index is 11.9. The molecule has 0 amide bonds. The van der Waals surface area contributed by atoms with Crippen molar-refractivity contribution in [2.24, 2.45) is 0 Å². The number of aliphatic hydroxyl groups excluding tert-OH is 1. The Kier molecular flexibility index (Phi) is 5.64. The average molecular weight is 397 g/mol. The first-order valence-electron chi connectivity index (χ1n) is 8.10. The molecule has 1 aromatic heterocycles. The van der Waals surface area contributed by atoms with Crippen LogP contribution in [-0.4, -0.2) is 39.6 Å². The Morgan fingerprint density at radius 2 is 2.15 bits per heavy atom. The SMILES string of the molecule is Cc1cn([C@H]2C[C@H](O)[C@@H](COC(=O)Oc3ccccc3Cl)O2)c(=O)[nH]c1=O. The van der Waals surface area contributed by atoms with Gasteiger partial charge < -0.3 is 19.3 Å². The van der Waals surface area contributed by atoms with Crippen molar-refractivity contribution in [2.45, 2.75) is 31.8 Å². The van der Waals surface area contributed by atoms with Gasteiger partial charge in [-0.05, 0) is 19.1 Å². The summed E-state index contributed by atoms with van der Waals surface area (Å²) in [6.07, 6.45) is -2.17. The monoisotopic (exact) mass is 396 g/mol. The Morgan fingerprint density at radius 3 is 2.89 bits per heavy atom. The van der Waals surface area contributed by atoms with Gasteiger partial charge in [0.2, 0.25) is 0 Å². The van der Waals surface area contributed by atoms with E-state index in [0.717, 1.165) is 0 Å². The Balaban J connectivity index is 1.60. The third-order valence-electron chi connectivity index (χ3n) is 4.06. The first-order valence-corrected chi connectivity index (χ1v) is 8.47. The smallest absolute Gasteiger partial charge is 0.431 e. The summed E-state index contributed by atoms with van der Waals surface area (Å²) >= 11 is 5.89. The van der Waals surface area contributed by atoms with Crippen molar-refractivity contribution in [3.8, 4) is 5.75 Å². The number of aryl methyl sites for hydroxylation is 1. The molecule has 1 saturated heterocycles. The molecular formula is C17H17ClN2O7. The maximum atomic E-state index is 11.9. The number of halogens is 1. The number of nitrogens with one attached hydrogen (secondary N) is 1. The van der Waals surface area contributed by atoms with Crippen molar-refractivity contribution < 1.29 is 24.1 Å². The summed E-state index contributed by atoms with van der Waals surface area (Å²) in [4.78, 5) is 37.3. The lowest BCUT2D eigenvalue weighted by atomic mass is 10.2. The summed E-state index contributed by atoms with van der Waals surface area (Å²) in [5, 5.41) is 10.4. The standard InChI is InChI=1S/C17H17ClN2O7/c1-9-7-20(16(23)19-15(9)22)14-6-11(21)13(26-14)8-25-17(24)27-12-5-3-2-4-10(12)18/h2-5,7,11,13-14,21H,6,8H2,1H3,(H,19,22,23)/t11-,13+,14+/m0/s1. The molecular weight excluding hydrogens is 380 g/mol. The van der Waals surface area contributed by atoms with Crippen LogP contribution < -0.4 is 16.0 Å². The van der Waals surface area contributed by atoms with Crippen molar-refractivity contribution in [3.63, 3.8) is 0 Å². The third-order valence-corrected chi connectivity index (χ3v) is 4.37. The molecule has 10 heteroatoms. The van der Waals surface area contributed by atoms with E-state index in [4.69, 9.17) is 25.8 Å². The summed E-state index contributed by atoms with van der Waals surface area (Å²) in [6, 6.07) is 6.39. The van der Waals surface area contributed by atoms with Gasteiger partial charge in [0.05, 0.1) is 11.1 Å². The number of ether oxygens (including phenoxy) is 3. The van der Waals surface area contributed by atoms with E-state index in [0.29, 0.717) is 5.56 Å². The molecule has 0 aliphatic carbocycles. The second-order valence-corrected chi connectivity index (χ2v) is 6.41. The highest BCUT2D eigenvalue weighted by molar-refractivity contribution is 6.32. The Labute approximate surface area is 158 Å². The summed E-state index contributed by atoms with van der Waals surface area (Å²) < 4.78 is 16.7. The van der Waals surface area contributed by atoms with E-state index in [1.165, 1.54) is 16.8 Å². The van der Waals surface area contributed by atoms with Gasteiger partial charge in [-0.25, -0.2) is 9.59 Å². The van der Waals surface area contributed by atoms with E-state index < -0.39 is 35.8 Å². The van der Waals surface area contributed by atoms with E-state index in [1.807, 2.05) is 0 Å². The zero-order valence-electron chi connectivity index (χ0n) is 14.3. The molecule has 0 saturated carbocycles. The summed E-state index contributed by atoms with van der Waals surface area (Å²) in [5.41, 5.74) is -0.810. The van der Waals surface area contributed by atoms with Gasteiger partial charge in [0.15, 0.2) is 5.75 Å². The van der Waals surface area contributed by atoms with E-state index in [2.05, 4.69) is 4.98 Å². The lowest BCUT2D eigenvalue weighted by Gasteiger charge is -2.16. The number of aliphatic hydroxyl groups is 1. The van der Waals surface area contributed by atoms with Crippen LogP contribution in [0.5, 0.6) is 5.75 Å². The molecule has 2 N–H and O–H groups in total. The first-order chi connectivity index (χ1) is 12.8. The van der Waals surface area contributed by atoms with Gasteiger partial charge in [-0.3, -0.25) is 14.3 Å². The van der Waals surface area contributed by atoms with Crippen LogP contribution in [0.25, 0.3) is 0 Å². The number of aromatic amines is 1. The minimum absolute atomic E-state index is 0.0962. The van der Waals surface area contributed by atoms with E-state index in [1.54, 1.807) is 25.1 Å². The van der Waals surface area contributed by atoms with Crippen molar-refractivity contribution in [2.75, 3.05) is 6.61 Å². The fourth-order valence-electron chi connectivity index (χ4n) is 2.63. The number of hydrogen-bond donors (Lipinski definition) is 2. The number of carbonyl (C=O) groups is 1. The molecule has 1 aromatic carbocycles. The number of para-hydroxylation sites is 1. The van der Waals surface area contributed by atoms with Crippen LogP contribution in [0.1, 0.15) is 18.2 Å². The number of hydrogen-bond acceptors (Lipinski definition) is 7. The predicted octanol–water partition coefficient (Wildman–Crippen LogP) is 1.36. The van der Waals surface area contributed by atoms with E-state index in [-0.39, 0.29) is 23.8 Å². The van der Waals surface area contributed by atoms with Crippen LogP contribution in [0, 0.1) is 6.92 Å². The second-order valence-electron chi connectivity index (χ2n) is 6.00. The first kappa shape index (κ1) is 19.2. The topological polar surface area (TPSA) is 120 Å². The number of rotatable bonds is 4. The van der Waals surface area contributed by atoms with Crippen molar-refractivity contribution in [1.82, 2.24) is 9.55 Å². The minimum atomic E-state index is -1.00. The van der Waals surface area contributed by atoms with Gasteiger partial charge in [-0.15, -0.1) is 0 Å². The summed E-state index contributed by atoms with van der Waals surface area (Å²) in [6.45, 7) is 1.27. The van der Waals surface area contributed by atoms with Gasteiger partial charge in [0, 0.05) is 18.2 Å². The molecule has 1 fully saturated rings. The van der Waals surface area contributed by atoms with Crippen molar-refractivity contribution in [3.05, 3.63) is 61.9 Å². The molecule has 3 rings (SSSR count). The quantitative estimate of drug-likeness (QED) is 0.591. The molecule has 1 aliphatic heterocycles. The number of benzene rings is 1.